The fourth-order valence-electron chi connectivity index (χ4n) is 3.76. The van der Waals surface area contributed by atoms with Gasteiger partial charge in [-0.1, -0.05) is 91.6 Å². The van der Waals surface area contributed by atoms with Gasteiger partial charge < -0.3 is 10.2 Å². The van der Waals surface area contributed by atoms with Crippen LogP contribution in [0.15, 0.2) is 46.5 Å². The molecule has 0 fully saturated rings. The van der Waals surface area contributed by atoms with Crippen LogP contribution in [0.2, 0.25) is 0 Å². The molecule has 1 aromatic carbocycles. The Morgan fingerprint density at radius 2 is 1.69 bits per heavy atom. The second kappa shape index (κ2) is 16.3. The van der Waals surface area contributed by atoms with Crippen LogP contribution in [0.1, 0.15) is 106 Å². The molecule has 0 aliphatic carbocycles. The summed E-state index contributed by atoms with van der Waals surface area (Å²) in [6.45, 7) is 22.5. The van der Waals surface area contributed by atoms with Gasteiger partial charge >= 0.3 is 0 Å². The summed E-state index contributed by atoms with van der Waals surface area (Å²) < 4.78 is 0. The molecule has 0 aromatic heterocycles. The minimum absolute atomic E-state index is 0.0529. The third-order valence-corrected chi connectivity index (χ3v) is 6.27. The Hall–Kier alpha value is -2.36. The minimum Gasteiger partial charge on any atom is -0.363 e. The Kier molecular flexibility index (Phi) is 15.2. The number of allylic oxidation sites excluding steroid dienone is 2. The molecular formula is C31H53N3O. The van der Waals surface area contributed by atoms with Gasteiger partial charge in [-0.2, -0.15) is 0 Å². The number of likely N-dealkylation sites (N-methyl/N-ethyl adjacent to an activating group) is 1. The van der Waals surface area contributed by atoms with Crippen LogP contribution in [0.25, 0.3) is 5.70 Å². The molecule has 1 unspecified atom stereocenters. The van der Waals surface area contributed by atoms with Crippen molar-refractivity contribution in [3.63, 3.8) is 0 Å². The zero-order valence-electron chi connectivity index (χ0n) is 24.8. The number of carbonyl (C=O) groups excluding carboxylic acids is 1. The molecule has 0 bridgehead atoms. The van der Waals surface area contributed by atoms with Crippen molar-refractivity contribution in [2.75, 3.05) is 20.6 Å². The van der Waals surface area contributed by atoms with Crippen molar-refractivity contribution in [3.05, 3.63) is 52.6 Å². The molecule has 0 aliphatic heterocycles. The highest BCUT2D eigenvalue weighted by molar-refractivity contribution is 5.89. The predicted octanol–water partition coefficient (Wildman–Crippen LogP) is 8.00. The molecule has 35 heavy (non-hydrogen) atoms. The standard InChI is InChI=1S/C29H47N3O.C2H6/c1-11-13-18-32(10)26(12-2)31-28(24-14-16-25(17-15-24)29(6,7)8)23(5)19-21(3)22(4)20-27(33)30-9;1-2/h14-17,20-21H,11-13,18-19H2,1-10H3,(H,30,33);1-2H3/b22-20+,28-23+,31-26?;. The van der Waals surface area contributed by atoms with E-state index in [1.807, 2.05) is 20.8 Å². The molecule has 0 radical (unpaired) electrons. The smallest absolute Gasteiger partial charge is 0.243 e. The van der Waals surface area contributed by atoms with E-state index in [2.05, 4.69) is 90.0 Å². The molecule has 4 nitrogen and oxygen atoms in total. The van der Waals surface area contributed by atoms with Crippen LogP contribution >= 0.6 is 0 Å². The first-order chi connectivity index (χ1) is 16.4. The Balaban J connectivity index is 0.00000562. The zero-order chi connectivity index (χ0) is 27.2. The Morgan fingerprint density at radius 1 is 1.11 bits per heavy atom. The van der Waals surface area contributed by atoms with Crippen molar-refractivity contribution in [2.24, 2.45) is 10.9 Å². The maximum Gasteiger partial charge on any atom is 0.243 e. The first kappa shape index (κ1) is 32.6. The van der Waals surface area contributed by atoms with Crippen LogP contribution in [0.4, 0.5) is 0 Å². The Labute approximate surface area is 217 Å². The topological polar surface area (TPSA) is 44.7 Å². The first-order valence-electron chi connectivity index (χ1n) is 13.4. The highest BCUT2D eigenvalue weighted by Gasteiger charge is 2.16. The molecule has 1 N–H and O–H groups in total. The number of hydrogen-bond acceptors (Lipinski definition) is 2. The van der Waals surface area contributed by atoms with Gasteiger partial charge in [0.2, 0.25) is 5.91 Å². The van der Waals surface area contributed by atoms with Crippen LogP contribution in [0.3, 0.4) is 0 Å². The maximum atomic E-state index is 11.8. The van der Waals surface area contributed by atoms with Crippen molar-refractivity contribution in [3.8, 4) is 0 Å². The molecule has 1 aromatic rings. The van der Waals surface area contributed by atoms with Gasteiger partial charge in [0.25, 0.3) is 0 Å². The average molecular weight is 484 g/mol. The van der Waals surface area contributed by atoms with Crippen molar-refractivity contribution < 1.29 is 4.79 Å². The molecule has 1 amide bonds. The van der Waals surface area contributed by atoms with Gasteiger partial charge in [-0.25, -0.2) is 4.99 Å². The number of amidine groups is 1. The molecule has 1 rings (SSSR count). The van der Waals surface area contributed by atoms with E-state index in [4.69, 9.17) is 4.99 Å². The van der Waals surface area contributed by atoms with Gasteiger partial charge in [0, 0.05) is 38.7 Å². The summed E-state index contributed by atoms with van der Waals surface area (Å²) in [4.78, 5) is 19.3. The fourth-order valence-corrected chi connectivity index (χ4v) is 3.76. The number of benzene rings is 1. The van der Waals surface area contributed by atoms with E-state index in [1.54, 1.807) is 13.1 Å². The lowest BCUT2D eigenvalue weighted by Crippen LogP contribution is -2.27. The molecule has 0 saturated heterocycles. The highest BCUT2D eigenvalue weighted by Crippen LogP contribution is 2.30. The maximum absolute atomic E-state index is 11.8. The normalized spacial score (nSPS) is 13.9. The lowest BCUT2D eigenvalue weighted by molar-refractivity contribution is -0.116. The van der Waals surface area contributed by atoms with Crippen LogP contribution in [-0.4, -0.2) is 37.3 Å². The van der Waals surface area contributed by atoms with Crippen molar-refractivity contribution in [2.45, 2.75) is 100 Å². The van der Waals surface area contributed by atoms with E-state index >= 15 is 0 Å². The van der Waals surface area contributed by atoms with E-state index in [1.165, 1.54) is 17.6 Å². The zero-order valence-corrected chi connectivity index (χ0v) is 24.8. The summed E-state index contributed by atoms with van der Waals surface area (Å²) in [5.74, 6) is 1.31. The number of nitrogens with zero attached hydrogens (tertiary/aromatic N) is 2. The monoisotopic (exact) mass is 483 g/mol. The minimum atomic E-state index is -0.0529. The SMILES string of the molecule is CC.CCCCN(C)C(CC)=N/C(=C(\C)CC(C)/C(C)=C/C(=O)NC)c1ccc(C(C)(C)C)cc1. The summed E-state index contributed by atoms with van der Waals surface area (Å²) in [6.07, 6.45) is 5.78. The van der Waals surface area contributed by atoms with Crippen LogP contribution < -0.4 is 5.32 Å². The van der Waals surface area contributed by atoms with Gasteiger partial charge in [0.15, 0.2) is 0 Å². The highest BCUT2D eigenvalue weighted by atomic mass is 16.1. The lowest BCUT2D eigenvalue weighted by atomic mass is 9.86. The van der Waals surface area contributed by atoms with E-state index in [-0.39, 0.29) is 17.2 Å². The summed E-state index contributed by atoms with van der Waals surface area (Å²) in [7, 11) is 3.81. The number of carbonyl (C=O) groups is 1. The van der Waals surface area contributed by atoms with Crippen molar-refractivity contribution >= 4 is 17.4 Å². The Morgan fingerprint density at radius 3 is 2.14 bits per heavy atom. The van der Waals surface area contributed by atoms with Gasteiger partial charge in [-0.3, -0.25) is 4.79 Å². The molecule has 0 saturated carbocycles. The molecule has 0 heterocycles. The third kappa shape index (κ3) is 11.3. The van der Waals surface area contributed by atoms with Crippen LogP contribution in [0.5, 0.6) is 0 Å². The van der Waals surface area contributed by atoms with Crippen molar-refractivity contribution in [1.82, 2.24) is 10.2 Å². The quantitative estimate of drug-likeness (QED) is 0.208. The largest absolute Gasteiger partial charge is 0.363 e. The fraction of sp³-hybridized carbons (Fsp3) is 0.613. The van der Waals surface area contributed by atoms with E-state index in [0.29, 0.717) is 0 Å². The number of nitrogens with one attached hydrogen (secondary N) is 1. The molecular weight excluding hydrogens is 430 g/mol. The van der Waals surface area contributed by atoms with Gasteiger partial charge in [-0.05, 0) is 49.2 Å². The summed E-state index contributed by atoms with van der Waals surface area (Å²) in [6, 6.07) is 8.87. The number of hydrogen-bond donors (Lipinski definition) is 1. The average Bonchev–Trinajstić information content (AvgIpc) is 2.83. The van der Waals surface area contributed by atoms with Gasteiger partial charge in [0.05, 0.1) is 5.70 Å². The van der Waals surface area contributed by atoms with E-state index in [0.717, 1.165) is 48.5 Å². The number of aliphatic imine (C=N–C) groups is 1. The van der Waals surface area contributed by atoms with Crippen molar-refractivity contribution in [1.29, 1.82) is 0 Å². The molecule has 4 heteroatoms. The van der Waals surface area contributed by atoms with Gasteiger partial charge in [-0.15, -0.1) is 0 Å². The molecule has 0 aliphatic rings. The summed E-state index contributed by atoms with van der Waals surface area (Å²) in [5, 5.41) is 2.68. The number of amides is 1. The molecule has 198 valence electrons. The second-order valence-corrected chi connectivity index (χ2v) is 10.2. The second-order valence-electron chi connectivity index (χ2n) is 10.2. The van der Waals surface area contributed by atoms with Gasteiger partial charge in [0.1, 0.15) is 5.84 Å². The van der Waals surface area contributed by atoms with Crippen LogP contribution in [-0.2, 0) is 10.2 Å². The summed E-state index contributed by atoms with van der Waals surface area (Å²) in [5.41, 5.74) is 5.96. The first-order valence-corrected chi connectivity index (χ1v) is 13.4. The Bertz CT molecular complexity index is 854. The van der Waals surface area contributed by atoms with E-state index in [9.17, 15) is 4.79 Å². The number of unbranched alkanes of at least 4 members (excludes halogenated alkanes) is 1. The molecule has 1 atom stereocenters. The predicted molar refractivity (Wildman–Crippen MR) is 156 cm³/mol. The molecule has 0 spiro atoms. The number of rotatable bonds is 10. The van der Waals surface area contributed by atoms with E-state index < -0.39 is 0 Å². The van der Waals surface area contributed by atoms with Crippen LogP contribution in [0, 0.1) is 5.92 Å². The third-order valence-electron chi connectivity index (χ3n) is 6.27. The summed E-state index contributed by atoms with van der Waals surface area (Å²) >= 11 is 0. The lowest BCUT2D eigenvalue weighted by Gasteiger charge is -2.23.